The number of hydrogen-bond donors (Lipinski definition) is 0. The van der Waals surface area contributed by atoms with Gasteiger partial charge in [-0.1, -0.05) is 23.7 Å². The van der Waals surface area contributed by atoms with E-state index >= 15 is 0 Å². The van der Waals surface area contributed by atoms with E-state index in [1.54, 1.807) is 11.0 Å². The Bertz CT molecular complexity index is 764. The summed E-state index contributed by atoms with van der Waals surface area (Å²) in [5.41, 5.74) is 1.25. The van der Waals surface area contributed by atoms with Crippen LogP contribution in [-0.4, -0.2) is 27.2 Å². The Morgan fingerprint density at radius 3 is 2.32 bits per heavy atom. The molecule has 2 aromatic rings. The molecule has 1 aromatic carbocycles. The van der Waals surface area contributed by atoms with E-state index in [9.17, 15) is 4.79 Å². The molecule has 0 aliphatic heterocycles. The number of carbonyl (C=O) groups is 1. The molecule has 0 N–H and O–H groups in total. The number of anilines is 1. The van der Waals surface area contributed by atoms with Gasteiger partial charge >= 0.3 is 6.09 Å². The van der Waals surface area contributed by atoms with Gasteiger partial charge in [0, 0.05) is 22.9 Å². The Morgan fingerprint density at radius 1 is 1.08 bits per heavy atom. The first-order chi connectivity index (χ1) is 11.5. The highest BCUT2D eigenvalue weighted by atomic mass is 35.5. The molecule has 0 aliphatic rings. The highest BCUT2D eigenvalue weighted by molar-refractivity contribution is 6.29. The fourth-order valence-corrected chi connectivity index (χ4v) is 2.52. The molecular formula is C19H24ClN3O2. The third-order valence-corrected chi connectivity index (χ3v) is 3.49. The first-order valence-electron chi connectivity index (χ1n) is 8.08. The molecule has 5 nitrogen and oxygen atoms in total. The number of rotatable bonds is 2. The molecule has 1 aromatic heterocycles. The lowest BCUT2D eigenvalue weighted by Gasteiger charge is -2.37. The van der Waals surface area contributed by atoms with E-state index < -0.39 is 17.2 Å². The highest BCUT2D eigenvalue weighted by Crippen LogP contribution is 2.30. The van der Waals surface area contributed by atoms with Gasteiger partial charge in [-0.25, -0.2) is 14.8 Å². The number of halogens is 1. The van der Waals surface area contributed by atoms with Gasteiger partial charge < -0.3 is 4.74 Å². The number of amides is 1. The summed E-state index contributed by atoms with van der Waals surface area (Å²) in [5.74, 6) is 0. The van der Waals surface area contributed by atoms with E-state index in [4.69, 9.17) is 16.3 Å². The molecular weight excluding hydrogens is 338 g/mol. The molecule has 0 atom stereocenters. The van der Waals surface area contributed by atoms with E-state index in [2.05, 4.69) is 9.97 Å². The van der Waals surface area contributed by atoms with Gasteiger partial charge in [0.05, 0.1) is 5.69 Å². The van der Waals surface area contributed by atoms with Crippen molar-refractivity contribution in [3.8, 4) is 11.3 Å². The minimum atomic E-state index is -0.571. The fraction of sp³-hybridized carbons (Fsp3) is 0.421. The minimum Gasteiger partial charge on any atom is -0.443 e. The lowest BCUT2D eigenvalue weighted by atomic mass is 10.0. The second-order valence-electron chi connectivity index (χ2n) is 7.76. The molecule has 0 bridgehead atoms. The lowest BCUT2D eigenvalue weighted by molar-refractivity contribution is 0.0550. The molecule has 0 fully saturated rings. The summed E-state index contributed by atoms with van der Waals surface area (Å²) in [5, 5.41) is 0.371. The van der Waals surface area contributed by atoms with E-state index in [0.717, 1.165) is 11.3 Å². The summed E-state index contributed by atoms with van der Waals surface area (Å²) < 4.78 is 5.59. The molecule has 0 aliphatic carbocycles. The Balaban J connectivity index is 2.45. The van der Waals surface area contributed by atoms with Crippen LogP contribution in [0.15, 0.2) is 36.7 Å². The predicted molar refractivity (Wildman–Crippen MR) is 101 cm³/mol. The first-order valence-corrected chi connectivity index (χ1v) is 8.46. The zero-order valence-corrected chi connectivity index (χ0v) is 16.3. The Morgan fingerprint density at radius 2 is 1.76 bits per heavy atom. The van der Waals surface area contributed by atoms with Gasteiger partial charge in [0.15, 0.2) is 0 Å². The van der Waals surface area contributed by atoms with Crippen LogP contribution in [-0.2, 0) is 4.74 Å². The summed E-state index contributed by atoms with van der Waals surface area (Å²) in [4.78, 5) is 22.6. The van der Waals surface area contributed by atoms with Gasteiger partial charge in [-0.05, 0) is 53.7 Å². The SMILES string of the molecule is CC(C)(C)OC(=O)N(c1cccc(-c2cc(Cl)ncn2)c1)C(C)(C)C. The standard InChI is InChI=1S/C19H24ClN3O2/c1-18(2,3)23(17(24)25-19(4,5)6)14-9-7-8-13(10-14)15-11-16(20)22-12-21-15/h7-12H,1-6H3. The van der Waals surface area contributed by atoms with Crippen molar-refractivity contribution in [2.24, 2.45) is 0 Å². The molecule has 1 amide bonds. The van der Waals surface area contributed by atoms with Crippen molar-refractivity contribution >= 4 is 23.4 Å². The van der Waals surface area contributed by atoms with Crippen molar-refractivity contribution in [3.05, 3.63) is 41.8 Å². The third-order valence-electron chi connectivity index (χ3n) is 3.28. The van der Waals surface area contributed by atoms with Crippen LogP contribution in [0.25, 0.3) is 11.3 Å². The van der Waals surface area contributed by atoms with Gasteiger partial charge in [-0.15, -0.1) is 0 Å². The van der Waals surface area contributed by atoms with Crippen molar-refractivity contribution in [2.75, 3.05) is 4.90 Å². The van der Waals surface area contributed by atoms with Crippen LogP contribution in [0.5, 0.6) is 0 Å². The van der Waals surface area contributed by atoms with E-state index in [1.807, 2.05) is 65.8 Å². The van der Waals surface area contributed by atoms with E-state index in [1.165, 1.54) is 6.33 Å². The van der Waals surface area contributed by atoms with Crippen LogP contribution in [0.1, 0.15) is 41.5 Å². The number of aromatic nitrogens is 2. The van der Waals surface area contributed by atoms with Crippen molar-refractivity contribution < 1.29 is 9.53 Å². The molecule has 6 heteroatoms. The van der Waals surface area contributed by atoms with Crippen molar-refractivity contribution in [3.63, 3.8) is 0 Å². The zero-order chi connectivity index (χ0) is 18.8. The third kappa shape index (κ3) is 5.16. The Labute approximate surface area is 154 Å². The maximum atomic E-state index is 12.8. The lowest BCUT2D eigenvalue weighted by Crippen LogP contribution is -2.48. The average Bonchev–Trinajstić information content (AvgIpc) is 2.44. The van der Waals surface area contributed by atoms with Crippen LogP contribution in [0.4, 0.5) is 10.5 Å². The van der Waals surface area contributed by atoms with Crippen LogP contribution < -0.4 is 4.90 Å². The summed E-state index contributed by atoms with van der Waals surface area (Å²) in [6.07, 6.45) is 1.03. The molecule has 0 saturated carbocycles. The summed E-state index contributed by atoms with van der Waals surface area (Å²) in [6.45, 7) is 11.4. The van der Waals surface area contributed by atoms with Gasteiger partial charge in [0.2, 0.25) is 0 Å². The van der Waals surface area contributed by atoms with Gasteiger partial charge in [-0.2, -0.15) is 0 Å². The second-order valence-corrected chi connectivity index (χ2v) is 8.15. The van der Waals surface area contributed by atoms with E-state index in [0.29, 0.717) is 10.8 Å². The molecule has 0 radical (unpaired) electrons. The average molecular weight is 362 g/mol. The largest absolute Gasteiger partial charge is 0.443 e. The van der Waals surface area contributed by atoms with Crippen molar-refractivity contribution in [2.45, 2.75) is 52.7 Å². The smallest absolute Gasteiger partial charge is 0.415 e. The molecule has 0 unspecified atom stereocenters. The number of hydrogen-bond acceptors (Lipinski definition) is 4. The number of ether oxygens (including phenoxy) is 1. The van der Waals surface area contributed by atoms with Crippen LogP contribution in [0.2, 0.25) is 5.15 Å². The topological polar surface area (TPSA) is 55.3 Å². The molecule has 134 valence electrons. The Kier molecular flexibility index (Phi) is 5.37. The Hall–Kier alpha value is -2.14. The van der Waals surface area contributed by atoms with E-state index in [-0.39, 0.29) is 0 Å². The number of carbonyl (C=O) groups excluding carboxylic acids is 1. The quantitative estimate of drug-likeness (QED) is 0.677. The maximum Gasteiger partial charge on any atom is 0.415 e. The van der Waals surface area contributed by atoms with Gasteiger partial charge in [0.1, 0.15) is 17.1 Å². The zero-order valence-electron chi connectivity index (χ0n) is 15.5. The number of benzene rings is 1. The first kappa shape index (κ1) is 19.2. The van der Waals surface area contributed by atoms with Crippen LogP contribution >= 0.6 is 11.6 Å². The summed E-state index contributed by atoms with van der Waals surface area (Å²) in [6, 6.07) is 9.26. The maximum absolute atomic E-state index is 12.8. The van der Waals surface area contributed by atoms with Crippen LogP contribution in [0.3, 0.4) is 0 Å². The fourth-order valence-electron chi connectivity index (χ4n) is 2.37. The van der Waals surface area contributed by atoms with Crippen molar-refractivity contribution in [1.82, 2.24) is 9.97 Å². The second kappa shape index (κ2) is 7.00. The number of nitrogens with zero attached hydrogens (tertiary/aromatic N) is 3. The summed E-state index contributed by atoms with van der Waals surface area (Å²) in [7, 11) is 0. The summed E-state index contributed by atoms with van der Waals surface area (Å²) >= 11 is 5.96. The van der Waals surface area contributed by atoms with Crippen molar-refractivity contribution in [1.29, 1.82) is 0 Å². The predicted octanol–water partition coefficient (Wildman–Crippen LogP) is 5.34. The monoisotopic (exact) mass is 361 g/mol. The molecule has 25 heavy (non-hydrogen) atoms. The molecule has 0 spiro atoms. The molecule has 2 rings (SSSR count). The molecule has 0 saturated heterocycles. The van der Waals surface area contributed by atoms with Crippen LogP contribution in [0, 0.1) is 0 Å². The highest BCUT2D eigenvalue weighted by Gasteiger charge is 2.32. The molecule has 1 heterocycles. The van der Waals surface area contributed by atoms with Gasteiger partial charge in [-0.3, -0.25) is 4.90 Å². The normalized spacial score (nSPS) is 12.0. The van der Waals surface area contributed by atoms with Gasteiger partial charge in [0.25, 0.3) is 0 Å². The minimum absolute atomic E-state index is 0.371.